The minimum Gasteiger partial charge on any atom is -0.354 e. The summed E-state index contributed by atoms with van der Waals surface area (Å²) >= 11 is 0. The molecule has 0 saturated heterocycles. The fraction of sp³-hybridized carbons (Fsp3) is 0.750. The van der Waals surface area contributed by atoms with Crippen molar-refractivity contribution in [1.82, 2.24) is 20.4 Å². The van der Waals surface area contributed by atoms with Crippen molar-refractivity contribution in [2.75, 3.05) is 6.54 Å². The molecule has 1 fully saturated rings. The summed E-state index contributed by atoms with van der Waals surface area (Å²) in [5.74, 6) is 0.953. The third-order valence-electron chi connectivity index (χ3n) is 4.31. The van der Waals surface area contributed by atoms with Crippen LogP contribution >= 0.6 is 24.0 Å². The van der Waals surface area contributed by atoms with Crippen LogP contribution in [0.3, 0.4) is 0 Å². The van der Waals surface area contributed by atoms with Crippen LogP contribution < -0.4 is 10.6 Å². The maximum Gasteiger partial charge on any atom is 0.191 e. The molecule has 1 atom stereocenters. The highest BCUT2D eigenvalue weighted by Crippen LogP contribution is 2.18. The van der Waals surface area contributed by atoms with Gasteiger partial charge in [0.05, 0.1) is 5.69 Å². The molecular formula is C16H30IN5. The van der Waals surface area contributed by atoms with Gasteiger partial charge in [0.2, 0.25) is 0 Å². The molecule has 1 unspecified atom stereocenters. The summed E-state index contributed by atoms with van der Waals surface area (Å²) in [4.78, 5) is 4.55. The monoisotopic (exact) mass is 419 g/mol. The Hall–Kier alpha value is -0.790. The molecule has 0 amide bonds. The first kappa shape index (κ1) is 19.3. The van der Waals surface area contributed by atoms with Crippen molar-refractivity contribution in [3.63, 3.8) is 0 Å². The minimum atomic E-state index is 0. The predicted octanol–water partition coefficient (Wildman–Crippen LogP) is 2.69. The second kappa shape index (κ2) is 8.74. The van der Waals surface area contributed by atoms with Crippen LogP contribution in [0.25, 0.3) is 0 Å². The zero-order valence-electron chi connectivity index (χ0n) is 14.4. The van der Waals surface area contributed by atoms with Gasteiger partial charge in [0.15, 0.2) is 5.96 Å². The summed E-state index contributed by atoms with van der Waals surface area (Å²) in [7, 11) is 2.01. The number of hydrogen-bond donors (Lipinski definition) is 2. The van der Waals surface area contributed by atoms with Crippen molar-refractivity contribution in [3.8, 4) is 0 Å². The molecule has 0 aromatic carbocycles. The average molecular weight is 419 g/mol. The van der Waals surface area contributed by atoms with Crippen molar-refractivity contribution in [1.29, 1.82) is 0 Å². The molecule has 0 spiro atoms. The number of hydrogen-bond acceptors (Lipinski definition) is 2. The Balaban J connectivity index is 0.00000242. The summed E-state index contributed by atoms with van der Waals surface area (Å²) in [6.07, 6.45) is 4.83. The standard InChI is InChI=1S/C16H29N5.HI/c1-6-17-16(19-14-8-7-9-14)18-11(2)10-15-12(3)20-21(5)13(15)4;/h11,14H,6-10H2,1-5H3,(H2,17,18,19);1H. The van der Waals surface area contributed by atoms with E-state index in [0.717, 1.165) is 24.6 Å². The highest BCUT2D eigenvalue weighted by atomic mass is 127. The highest BCUT2D eigenvalue weighted by Gasteiger charge is 2.20. The third-order valence-corrected chi connectivity index (χ3v) is 4.31. The number of nitrogens with zero attached hydrogens (tertiary/aromatic N) is 3. The molecule has 1 saturated carbocycles. The summed E-state index contributed by atoms with van der Waals surface area (Å²) in [6, 6.07) is 0.946. The van der Waals surface area contributed by atoms with Gasteiger partial charge in [-0.1, -0.05) is 0 Å². The highest BCUT2D eigenvalue weighted by molar-refractivity contribution is 14.0. The Labute approximate surface area is 151 Å². The maximum absolute atomic E-state index is 4.55. The lowest BCUT2D eigenvalue weighted by Crippen LogP contribution is -2.49. The van der Waals surface area contributed by atoms with E-state index in [0.29, 0.717) is 12.1 Å². The van der Waals surface area contributed by atoms with Gasteiger partial charge in [0.1, 0.15) is 0 Å². The molecule has 22 heavy (non-hydrogen) atoms. The van der Waals surface area contributed by atoms with E-state index in [1.807, 2.05) is 11.7 Å². The molecule has 1 aromatic heterocycles. The van der Waals surface area contributed by atoms with Gasteiger partial charge in [-0.2, -0.15) is 5.10 Å². The number of nitrogens with one attached hydrogen (secondary N) is 2. The molecule has 2 N–H and O–H groups in total. The van der Waals surface area contributed by atoms with E-state index in [1.165, 1.54) is 30.5 Å². The first-order chi connectivity index (χ1) is 10.0. The maximum atomic E-state index is 4.55. The van der Waals surface area contributed by atoms with E-state index in [2.05, 4.69) is 48.4 Å². The Bertz CT molecular complexity index is 505. The number of aliphatic imine (C=N–C) groups is 1. The van der Waals surface area contributed by atoms with Gasteiger partial charge in [0, 0.05) is 31.4 Å². The molecule has 1 heterocycles. The van der Waals surface area contributed by atoms with Crippen molar-refractivity contribution >= 4 is 29.9 Å². The zero-order chi connectivity index (χ0) is 15.4. The second-order valence-corrected chi connectivity index (χ2v) is 6.12. The van der Waals surface area contributed by atoms with E-state index < -0.39 is 0 Å². The third kappa shape index (κ3) is 4.86. The van der Waals surface area contributed by atoms with E-state index in [4.69, 9.17) is 0 Å². The van der Waals surface area contributed by atoms with Crippen LogP contribution in [-0.4, -0.2) is 34.4 Å². The van der Waals surface area contributed by atoms with E-state index >= 15 is 0 Å². The van der Waals surface area contributed by atoms with Crippen molar-refractivity contribution in [3.05, 3.63) is 17.0 Å². The van der Waals surface area contributed by atoms with Crippen LogP contribution in [0.15, 0.2) is 4.99 Å². The summed E-state index contributed by atoms with van der Waals surface area (Å²) in [6.45, 7) is 9.31. The predicted molar refractivity (Wildman–Crippen MR) is 103 cm³/mol. The van der Waals surface area contributed by atoms with Crippen molar-refractivity contribution in [2.45, 2.75) is 65.5 Å². The molecule has 0 aliphatic heterocycles. The van der Waals surface area contributed by atoms with Crippen LogP contribution in [0.4, 0.5) is 0 Å². The van der Waals surface area contributed by atoms with Gasteiger partial charge in [-0.25, -0.2) is 0 Å². The lowest BCUT2D eigenvalue weighted by molar-refractivity contribution is 0.378. The number of guanidine groups is 1. The van der Waals surface area contributed by atoms with Crippen molar-refractivity contribution < 1.29 is 0 Å². The Morgan fingerprint density at radius 1 is 1.41 bits per heavy atom. The Morgan fingerprint density at radius 3 is 2.55 bits per heavy atom. The zero-order valence-corrected chi connectivity index (χ0v) is 16.8. The van der Waals surface area contributed by atoms with Gasteiger partial charge < -0.3 is 10.6 Å². The molecule has 6 heteroatoms. The smallest absolute Gasteiger partial charge is 0.191 e. The minimum absolute atomic E-state index is 0. The number of rotatable bonds is 5. The number of aromatic nitrogens is 2. The first-order valence-electron chi connectivity index (χ1n) is 8.07. The van der Waals surface area contributed by atoms with Gasteiger partial charge >= 0.3 is 0 Å². The molecule has 5 nitrogen and oxygen atoms in total. The number of aryl methyl sites for hydroxylation is 2. The Kier molecular flexibility index (Phi) is 7.65. The molecule has 1 aliphatic carbocycles. The molecule has 1 aromatic rings. The topological polar surface area (TPSA) is 54.2 Å². The van der Waals surface area contributed by atoms with Crippen LogP contribution in [0.2, 0.25) is 0 Å². The van der Waals surface area contributed by atoms with Gasteiger partial charge in [0.25, 0.3) is 0 Å². The summed E-state index contributed by atoms with van der Waals surface area (Å²) in [5.41, 5.74) is 3.73. The fourth-order valence-corrected chi connectivity index (χ4v) is 2.74. The molecule has 126 valence electrons. The van der Waals surface area contributed by atoms with Crippen LogP contribution in [0, 0.1) is 13.8 Å². The van der Waals surface area contributed by atoms with Crippen LogP contribution in [0.1, 0.15) is 50.1 Å². The van der Waals surface area contributed by atoms with Crippen LogP contribution in [0.5, 0.6) is 0 Å². The normalized spacial score (nSPS) is 16.7. The van der Waals surface area contributed by atoms with Gasteiger partial charge in [-0.3, -0.25) is 9.67 Å². The largest absolute Gasteiger partial charge is 0.354 e. The first-order valence-corrected chi connectivity index (χ1v) is 8.07. The fourth-order valence-electron chi connectivity index (χ4n) is 2.74. The van der Waals surface area contributed by atoms with Crippen molar-refractivity contribution in [2.24, 2.45) is 12.0 Å². The Morgan fingerprint density at radius 2 is 2.09 bits per heavy atom. The average Bonchev–Trinajstić information content (AvgIpc) is 2.61. The van der Waals surface area contributed by atoms with E-state index in [9.17, 15) is 0 Å². The van der Waals surface area contributed by atoms with E-state index in [-0.39, 0.29) is 24.0 Å². The SMILES string of the molecule is CCN=C(NC(C)Cc1c(C)nn(C)c1C)NC1CCC1.I. The summed E-state index contributed by atoms with van der Waals surface area (Å²) < 4.78 is 1.96. The van der Waals surface area contributed by atoms with Gasteiger partial charge in [-0.15, -0.1) is 24.0 Å². The van der Waals surface area contributed by atoms with Crippen LogP contribution in [-0.2, 0) is 13.5 Å². The lowest BCUT2D eigenvalue weighted by atomic mass is 9.93. The number of halogens is 1. The molecule has 0 radical (unpaired) electrons. The molecule has 0 bridgehead atoms. The second-order valence-electron chi connectivity index (χ2n) is 6.12. The van der Waals surface area contributed by atoms with E-state index in [1.54, 1.807) is 0 Å². The van der Waals surface area contributed by atoms with Gasteiger partial charge in [-0.05, 0) is 58.9 Å². The molecule has 1 aliphatic rings. The summed E-state index contributed by atoms with van der Waals surface area (Å²) in [5, 5.41) is 11.5. The lowest BCUT2D eigenvalue weighted by Gasteiger charge is -2.29. The molecule has 2 rings (SSSR count). The quantitative estimate of drug-likeness (QED) is 0.439. The molecular weight excluding hydrogens is 389 g/mol.